The molecule has 1 aliphatic rings. The quantitative estimate of drug-likeness (QED) is 0.590. The number of carbonyl (C=O) groups is 1. The number of nitrogens with zero attached hydrogens (tertiary/aromatic N) is 1. The van der Waals surface area contributed by atoms with E-state index in [0.717, 1.165) is 0 Å². The molecule has 0 radical (unpaired) electrons. The van der Waals surface area contributed by atoms with E-state index in [1.54, 1.807) is 6.92 Å². The van der Waals surface area contributed by atoms with Crippen LogP contribution in [0, 0.1) is 16.7 Å². The highest BCUT2D eigenvalue weighted by Gasteiger charge is 2.44. The van der Waals surface area contributed by atoms with E-state index in [1.165, 1.54) is 0 Å². The number of nitriles is 1. The van der Waals surface area contributed by atoms with E-state index in [1.807, 2.05) is 6.07 Å². The van der Waals surface area contributed by atoms with E-state index in [4.69, 9.17) is 15.7 Å². The van der Waals surface area contributed by atoms with E-state index < -0.39 is 5.41 Å². The Morgan fingerprint density at radius 1 is 1.86 bits per heavy atom. The average molecular weight is 197 g/mol. The van der Waals surface area contributed by atoms with E-state index in [0.29, 0.717) is 26.2 Å². The number of amides is 1. The second-order valence-electron chi connectivity index (χ2n) is 3.70. The maximum atomic E-state index is 11.7. The van der Waals surface area contributed by atoms with Gasteiger partial charge in [0.15, 0.2) is 0 Å². The highest BCUT2D eigenvalue weighted by Crippen LogP contribution is 2.26. The zero-order valence-electron chi connectivity index (χ0n) is 8.25. The normalized spacial score (nSPS) is 31.1. The molecule has 1 rings (SSSR count). The van der Waals surface area contributed by atoms with Crippen molar-refractivity contribution in [2.75, 3.05) is 19.8 Å². The van der Waals surface area contributed by atoms with Crippen LogP contribution in [0.25, 0.3) is 0 Å². The maximum Gasteiger partial charge on any atom is 0.229 e. The average Bonchev–Trinajstić information content (AvgIpc) is 2.49. The molecule has 0 aliphatic carbocycles. The smallest absolute Gasteiger partial charge is 0.229 e. The Morgan fingerprint density at radius 2 is 2.57 bits per heavy atom. The van der Waals surface area contributed by atoms with Gasteiger partial charge in [-0.05, 0) is 6.92 Å². The van der Waals surface area contributed by atoms with Crippen LogP contribution in [0.2, 0.25) is 0 Å². The summed E-state index contributed by atoms with van der Waals surface area (Å²) in [6.07, 6.45) is 0.317. The Morgan fingerprint density at radius 3 is 3.07 bits per heavy atom. The molecule has 1 saturated heterocycles. The molecule has 0 aromatic carbocycles. The summed E-state index contributed by atoms with van der Waals surface area (Å²) >= 11 is 0. The Bertz CT molecular complexity index is 261. The van der Waals surface area contributed by atoms with Gasteiger partial charge in [0, 0.05) is 12.6 Å². The van der Waals surface area contributed by atoms with Crippen LogP contribution in [0.3, 0.4) is 0 Å². The van der Waals surface area contributed by atoms with Crippen molar-refractivity contribution in [1.29, 1.82) is 5.26 Å². The Kier molecular flexibility index (Phi) is 3.44. The van der Waals surface area contributed by atoms with Crippen molar-refractivity contribution in [2.24, 2.45) is 11.1 Å². The summed E-state index contributed by atoms with van der Waals surface area (Å²) in [6.45, 7) is 2.93. The van der Waals surface area contributed by atoms with Gasteiger partial charge < -0.3 is 15.8 Å². The molecule has 1 aliphatic heterocycles. The molecule has 3 N–H and O–H groups in total. The highest BCUT2D eigenvalue weighted by molar-refractivity contribution is 5.83. The summed E-state index contributed by atoms with van der Waals surface area (Å²) in [7, 11) is 0. The number of nitrogens with one attached hydrogen (secondary N) is 1. The molecule has 14 heavy (non-hydrogen) atoms. The van der Waals surface area contributed by atoms with Gasteiger partial charge in [0.25, 0.3) is 0 Å². The number of hydrogen-bond donors (Lipinski definition) is 2. The number of nitrogens with two attached hydrogens (primary N) is 1. The first kappa shape index (κ1) is 11.0. The standard InChI is InChI=1S/C9H15N3O2/c1-9(6-14-5-7(9)11)8(13)12-4-2-3-10/h7H,2,4-6,11H2,1H3,(H,12,13). The number of rotatable bonds is 3. The lowest BCUT2D eigenvalue weighted by atomic mass is 9.85. The fourth-order valence-corrected chi connectivity index (χ4v) is 1.36. The lowest BCUT2D eigenvalue weighted by Crippen LogP contribution is -2.50. The first-order valence-corrected chi connectivity index (χ1v) is 4.60. The van der Waals surface area contributed by atoms with Gasteiger partial charge in [0.2, 0.25) is 5.91 Å². The van der Waals surface area contributed by atoms with E-state index >= 15 is 0 Å². The van der Waals surface area contributed by atoms with Crippen LogP contribution >= 0.6 is 0 Å². The van der Waals surface area contributed by atoms with Gasteiger partial charge in [-0.2, -0.15) is 5.26 Å². The molecule has 2 unspecified atom stereocenters. The fraction of sp³-hybridized carbons (Fsp3) is 0.778. The van der Waals surface area contributed by atoms with Crippen LogP contribution in [0.5, 0.6) is 0 Å². The van der Waals surface area contributed by atoms with Crippen molar-refractivity contribution in [3.05, 3.63) is 0 Å². The van der Waals surface area contributed by atoms with Crippen LogP contribution < -0.4 is 11.1 Å². The van der Waals surface area contributed by atoms with Crippen molar-refractivity contribution in [1.82, 2.24) is 5.32 Å². The molecule has 5 heteroatoms. The molecule has 1 fully saturated rings. The van der Waals surface area contributed by atoms with Gasteiger partial charge >= 0.3 is 0 Å². The Labute approximate surface area is 83.2 Å². The largest absolute Gasteiger partial charge is 0.379 e. The SMILES string of the molecule is CC1(C(=O)NCCC#N)COCC1N. The van der Waals surface area contributed by atoms with Crippen molar-refractivity contribution in [3.63, 3.8) is 0 Å². The number of carbonyl (C=O) groups excluding carboxylic acids is 1. The second kappa shape index (κ2) is 4.40. The Hall–Kier alpha value is -1.12. The summed E-state index contributed by atoms with van der Waals surface area (Å²) in [6, 6.07) is 1.70. The summed E-state index contributed by atoms with van der Waals surface area (Å²) in [5.74, 6) is -0.127. The molecular weight excluding hydrogens is 182 g/mol. The fourth-order valence-electron chi connectivity index (χ4n) is 1.36. The monoisotopic (exact) mass is 197 g/mol. The van der Waals surface area contributed by atoms with Crippen molar-refractivity contribution >= 4 is 5.91 Å². The lowest BCUT2D eigenvalue weighted by Gasteiger charge is -2.25. The summed E-state index contributed by atoms with van der Waals surface area (Å²) in [5.41, 5.74) is 5.12. The van der Waals surface area contributed by atoms with E-state index in [2.05, 4.69) is 5.32 Å². The number of ether oxygens (including phenoxy) is 1. The van der Waals surface area contributed by atoms with Crippen molar-refractivity contribution in [2.45, 2.75) is 19.4 Å². The topological polar surface area (TPSA) is 88.1 Å². The zero-order valence-corrected chi connectivity index (χ0v) is 8.25. The highest BCUT2D eigenvalue weighted by atomic mass is 16.5. The van der Waals surface area contributed by atoms with Crippen LogP contribution in [0.1, 0.15) is 13.3 Å². The van der Waals surface area contributed by atoms with Gasteiger partial charge in [-0.1, -0.05) is 0 Å². The molecule has 78 valence electrons. The number of hydrogen-bond acceptors (Lipinski definition) is 4. The molecule has 0 spiro atoms. The molecule has 0 aromatic rings. The third kappa shape index (κ3) is 2.03. The van der Waals surface area contributed by atoms with Gasteiger partial charge in [-0.3, -0.25) is 4.79 Å². The van der Waals surface area contributed by atoms with Crippen LogP contribution in [0.4, 0.5) is 0 Å². The molecule has 1 heterocycles. The Balaban J connectivity index is 2.47. The van der Waals surface area contributed by atoms with Crippen molar-refractivity contribution < 1.29 is 9.53 Å². The summed E-state index contributed by atoms with van der Waals surface area (Å²) in [4.78, 5) is 11.7. The minimum absolute atomic E-state index is 0.127. The van der Waals surface area contributed by atoms with Crippen LogP contribution in [0.15, 0.2) is 0 Å². The van der Waals surface area contributed by atoms with Gasteiger partial charge in [-0.25, -0.2) is 0 Å². The molecule has 0 saturated carbocycles. The minimum atomic E-state index is -0.643. The summed E-state index contributed by atoms with van der Waals surface area (Å²) in [5, 5.41) is 11.0. The third-order valence-corrected chi connectivity index (χ3v) is 2.56. The molecule has 0 aromatic heterocycles. The summed E-state index contributed by atoms with van der Waals surface area (Å²) < 4.78 is 5.15. The minimum Gasteiger partial charge on any atom is -0.379 e. The first-order valence-electron chi connectivity index (χ1n) is 4.60. The predicted octanol–water partition coefficient (Wildman–Crippen LogP) is -0.620. The lowest BCUT2D eigenvalue weighted by molar-refractivity contribution is -0.130. The van der Waals surface area contributed by atoms with Gasteiger partial charge in [0.1, 0.15) is 0 Å². The molecular formula is C9H15N3O2. The third-order valence-electron chi connectivity index (χ3n) is 2.56. The zero-order chi connectivity index (χ0) is 10.6. The molecule has 0 bridgehead atoms. The van der Waals surface area contributed by atoms with Crippen LogP contribution in [-0.2, 0) is 9.53 Å². The van der Waals surface area contributed by atoms with E-state index in [-0.39, 0.29) is 11.9 Å². The van der Waals surface area contributed by atoms with Crippen LogP contribution in [-0.4, -0.2) is 31.7 Å². The second-order valence-corrected chi connectivity index (χ2v) is 3.70. The van der Waals surface area contributed by atoms with Gasteiger partial charge in [0.05, 0.1) is 31.1 Å². The van der Waals surface area contributed by atoms with E-state index in [9.17, 15) is 4.79 Å². The predicted molar refractivity (Wildman–Crippen MR) is 50.1 cm³/mol. The van der Waals surface area contributed by atoms with Gasteiger partial charge in [-0.15, -0.1) is 0 Å². The molecule has 1 amide bonds. The molecule has 2 atom stereocenters. The first-order chi connectivity index (χ1) is 6.61. The molecule has 5 nitrogen and oxygen atoms in total. The van der Waals surface area contributed by atoms with Crippen molar-refractivity contribution in [3.8, 4) is 6.07 Å². The maximum absolute atomic E-state index is 11.7.